The molecule has 0 radical (unpaired) electrons. The molecule has 1 saturated carbocycles. The second kappa shape index (κ2) is 10.3. The van der Waals surface area contributed by atoms with Gasteiger partial charge in [-0.3, -0.25) is 4.79 Å². The summed E-state index contributed by atoms with van der Waals surface area (Å²) < 4.78 is 19.9. The van der Waals surface area contributed by atoms with Crippen LogP contribution in [0.1, 0.15) is 51.6 Å². The third-order valence-electron chi connectivity index (χ3n) is 4.85. The molecule has 2 atom stereocenters. The van der Waals surface area contributed by atoms with Crippen LogP contribution in [0.25, 0.3) is 0 Å². The van der Waals surface area contributed by atoms with E-state index in [2.05, 4.69) is 22.5 Å². The number of amides is 1. The molecule has 1 aliphatic rings. The molecule has 1 aromatic carbocycles. The molecule has 0 bridgehead atoms. The Kier molecular flexibility index (Phi) is 8.08. The molecule has 0 aliphatic heterocycles. The summed E-state index contributed by atoms with van der Waals surface area (Å²) >= 11 is 0. The van der Waals surface area contributed by atoms with Gasteiger partial charge in [0, 0.05) is 20.1 Å². The number of halogens is 1. The molecule has 2 unspecified atom stereocenters. The second-order valence-corrected chi connectivity index (χ2v) is 7.72. The van der Waals surface area contributed by atoms with E-state index < -0.39 is 0 Å². The fourth-order valence-electron chi connectivity index (χ4n) is 2.44. The van der Waals surface area contributed by atoms with Crippen LogP contribution in [0.3, 0.4) is 0 Å². The van der Waals surface area contributed by atoms with Crippen LogP contribution in [0, 0.1) is 11.7 Å². The van der Waals surface area contributed by atoms with Crippen LogP contribution in [0.2, 0.25) is 0 Å². The fraction of sp³-hybridized carbons (Fsp3) is 0.619. The Labute approximate surface area is 167 Å². The van der Waals surface area contributed by atoms with Gasteiger partial charge in [0.25, 0.3) is 0 Å². The highest BCUT2D eigenvalue weighted by Gasteiger charge is 2.22. The Bertz CT molecular complexity index is 689. The highest BCUT2D eigenvalue weighted by Crippen LogP contribution is 2.30. The number of hydrogen-bond donors (Lipinski definition) is 2. The first-order valence-electron chi connectivity index (χ1n) is 10.00. The zero-order valence-corrected chi connectivity index (χ0v) is 17.6. The van der Waals surface area contributed by atoms with Crippen molar-refractivity contribution in [1.82, 2.24) is 15.5 Å². The molecule has 0 spiro atoms. The number of hydrogen-bond acceptors (Lipinski definition) is 3. The van der Waals surface area contributed by atoms with E-state index in [0.717, 1.165) is 12.0 Å². The lowest BCUT2D eigenvalue weighted by Gasteiger charge is -2.22. The molecule has 1 aliphatic carbocycles. The van der Waals surface area contributed by atoms with Crippen molar-refractivity contribution < 1.29 is 13.9 Å². The molecule has 0 saturated heterocycles. The first-order valence-corrected chi connectivity index (χ1v) is 10.00. The van der Waals surface area contributed by atoms with E-state index in [1.165, 1.54) is 23.8 Å². The van der Waals surface area contributed by atoms with E-state index in [1.807, 2.05) is 19.9 Å². The van der Waals surface area contributed by atoms with Crippen LogP contribution in [0.5, 0.6) is 5.75 Å². The molecule has 1 fully saturated rings. The van der Waals surface area contributed by atoms with Crippen LogP contribution in [-0.2, 0) is 4.79 Å². The average molecular weight is 393 g/mol. The molecular weight excluding hydrogens is 359 g/mol. The molecule has 6 nitrogen and oxygen atoms in total. The standard InChI is InChI=1S/C21H33FN4O2/c1-6-14(2)24-21(23-12-20(27)26(4)5)25-15(3)17-9-10-19(18(22)11-17)28-13-16-7-8-16/h9-11,14-16H,6-8,12-13H2,1-5H3,(H2,23,24,25). The van der Waals surface area contributed by atoms with Crippen LogP contribution in [0.4, 0.5) is 4.39 Å². The average Bonchev–Trinajstić information content (AvgIpc) is 3.48. The number of ether oxygens (including phenoxy) is 1. The van der Waals surface area contributed by atoms with E-state index in [-0.39, 0.29) is 30.4 Å². The lowest BCUT2D eigenvalue weighted by atomic mass is 10.1. The van der Waals surface area contributed by atoms with Crippen molar-refractivity contribution >= 4 is 11.9 Å². The summed E-state index contributed by atoms with van der Waals surface area (Å²) in [5, 5.41) is 6.54. The number of guanidine groups is 1. The molecule has 0 aromatic heterocycles. The minimum absolute atomic E-state index is 0.0494. The van der Waals surface area contributed by atoms with Gasteiger partial charge in [-0.2, -0.15) is 0 Å². The first-order chi connectivity index (χ1) is 13.3. The Morgan fingerprint density at radius 2 is 2.04 bits per heavy atom. The van der Waals surface area contributed by atoms with Gasteiger partial charge in [-0.05, 0) is 56.7 Å². The summed E-state index contributed by atoms with van der Waals surface area (Å²) in [5.74, 6) is 0.969. The number of carbonyl (C=O) groups is 1. The molecule has 2 N–H and O–H groups in total. The number of carbonyl (C=O) groups excluding carboxylic acids is 1. The van der Waals surface area contributed by atoms with Crippen LogP contribution >= 0.6 is 0 Å². The van der Waals surface area contributed by atoms with Crippen LogP contribution in [0.15, 0.2) is 23.2 Å². The zero-order chi connectivity index (χ0) is 20.7. The van der Waals surface area contributed by atoms with E-state index in [4.69, 9.17) is 4.74 Å². The number of nitrogens with one attached hydrogen (secondary N) is 2. The van der Waals surface area contributed by atoms with Crippen molar-refractivity contribution in [3.63, 3.8) is 0 Å². The summed E-state index contributed by atoms with van der Waals surface area (Å²) in [4.78, 5) is 17.7. The normalized spacial score (nSPS) is 16.3. The molecular formula is C21H33FN4O2. The Morgan fingerprint density at radius 1 is 1.32 bits per heavy atom. The molecule has 1 amide bonds. The molecule has 7 heteroatoms. The van der Waals surface area contributed by atoms with Crippen molar-refractivity contribution in [2.75, 3.05) is 27.2 Å². The third kappa shape index (κ3) is 7.02. The summed E-state index contributed by atoms with van der Waals surface area (Å²) in [6.07, 6.45) is 3.25. The SMILES string of the molecule is CCC(C)NC(=NCC(=O)N(C)C)NC(C)c1ccc(OCC2CC2)c(F)c1. The monoisotopic (exact) mass is 392 g/mol. The van der Waals surface area contributed by atoms with E-state index in [9.17, 15) is 9.18 Å². The van der Waals surface area contributed by atoms with Gasteiger partial charge in [0.05, 0.1) is 12.6 Å². The molecule has 156 valence electrons. The summed E-state index contributed by atoms with van der Waals surface area (Å²) in [6, 6.07) is 5.04. The van der Waals surface area contributed by atoms with Crippen molar-refractivity contribution in [1.29, 1.82) is 0 Å². The Morgan fingerprint density at radius 3 is 2.61 bits per heavy atom. The summed E-state index contributed by atoms with van der Waals surface area (Å²) in [6.45, 7) is 6.68. The molecule has 2 rings (SSSR count). The van der Waals surface area contributed by atoms with Gasteiger partial charge >= 0.3 is 0 Å². The van der Waals surface area contributed by atoms with Crippen molar-refractivity contribution in [3.05, 3.63) is 29.6 Å². The number of benzene rings is 1. The van der Waals surface area contributed by atoms with Crippen LogP contribution in [-0.4, -0.2) is 50.1 Å². The summed E-state index contributed by atoms with van der Waals surface area (Å²) in [7, 11) is 3.40. The predicted octanol–water partition coefficient (Wildman–Crippen LogP) is 3.10. The second-order valence-electron chi connectivity index (χ2n) is 7.72. The Hall–Kier alpha value is -2.31. The minimum atomic E-state index is -0.358. The fourth-order valence-corrected chi connectivity index (χ4v) is 2.44. The molecule has 1 aromatic rings. The van der Waals surface area contributed by atoms with E-state index in [1.54, 1.807) is 20.2 Å². The van der Waals surface area contributed by atoms with E-state index >= 15 is 0 Å². The van der Waals surface area contributed by atoms with Crippen LogP contribution < -0.4 is 15.4 Å². The maximum absolute atomic E-state index is 14.4. The number of rotatable bonds is 9. The zero-order valence-electron chi connectivity index (χ0n) is 17.6. The smallest absolute Gasteiger partial charge is 0.243 e. The van der Waals surface area contributed by atoms with Crippen molar-refractivity contribution in [2.24, 2.45) is 10.9 Å². The Balaban J connectivity index is 2.03. The first kappa shape index (κ1) is 22.0. The predicted molar refractivity (Wildman–Crippen MR) is 110 cm³/mol. The highest BCUT2D eigenvalue weighted by molar-refractivity contribution is 5.85. The maximum Gasteiger partial charge on any atom is 0.243 e. The van der Waals surface area contributed by atoms with Gasteiger partial charge < -0.3 is 20.3 Å². The largest absolute Gasteiger partial charge is 0.490 e. The number of aliphatic imine (C=N–C) groups is 1. The lowest BCUT2D eigenvalue weighted by Crippen LogP contribution is -2.43. The number of nitrogens with zero attached hydrogens (tertiary/aromatic N) is 2. The molecule has 0 heterocycles. The lowest BCUT2D eigenvalue weighted by molar-refractivity contribution is -0.127. The highest BCUT2D eigenvalue weighted by atomic mass is 19.1. The summed E-state index contributed by atoms with van der Waals surface area (Å²) in [5.41, 5.74) is 0.786. The van der Waals surface area contributed by atoms with E-state index in [0.29, 0.717) is 24.2 Å². The van der Waals surface area contributed by atoms with Crippen molar-refractivity contribution in [3.8, 4) is 5.75 Å². The van der Waals surface area contributed by atoms with Gasteiger partial charge in [-0.15, -0.1) is 0 Å². The topological polar surface area (TPSA) is 66.0 Å². The van der Waals surface area contributed by atoms with Gasteiger partial charge in [-0.1, -0.05) is 13.0 Å². The quantitative estimate of drug-likeness (QED) is 0.501. The van der Waals surface area contributed by atoms with Gasteiger partial charge in [0.1, 0.15) is 6.54 Å². The molecule has 28 heavy (non-hydrogen) atoms. The van der Waals surface area contributed by atoms with Gasteiger partial charge in [0.2, 0.25) is 5.91 Å². The maximum atomic E-state index is 14.4. The number of likely N-dealkylation sites (N-methyl/N-ethyl adjacent to an activating group) is 1. The van der Waals surface area contributed by atoms with Gasteiger partial charge in [-0.25, -0.2) is 9.38 Å². The van der Waals surface area contributed by atoms with Crippen molar-refractivity contribution in [2.45, 2.75) is 52.1 Å². The third-order valence-corrected chi connectivity index (χ3v) is 4.85. The minimum Gasteiger partial charge on any atom is -0.490 e. The van der Waals surface area contributed by atoms with Gasteiger partial charge in [0.15, 0.2) is 17.5 Å².